The van der Waals surface area contributed by atoms with Gasteiger partial charge in [-0.2, -0.15) is 5.10 Å². The van der Waals surface area contributed by atoms with Crippen molar-refractivity contribution in [3.05, 3.63) is 34.6 Å². The van der Waals surface area contributed by atoms with Crippen LogP contribution in [0.2, 0.25) is 0 Å². The smallest absolute Gasteiger partial charge is 0.243 e. The number of unbranched alkanes of at least 4 members (excludes halogenated alkanes) is 1. The number of hydrogen-bond donors (Lipinski definition) is 3. The number of hydrazone groups is 1. The summed E-state index contributed by atoms with van der Waals surface area (Å²) in [6.07, 6.45) is 0.705. The maximum Gasteiger partial charge on any atom is 0.243 e. The molecule has 6 nitrogen and oxygen atoms in total. The normalized spacial score (nSPS) is 10.9. The van der Waals surface area contributed by atoms with Gasteiger partial charge in [-0.05, 0) is 12.8 Å². The van der Waals surface area contributed by atoms with Crippen LogP contribution in [0.4, 0.5) is 22.0 Å². The zero-order chi connectivity index (χ0) is 18.3. The Morgan fingerprint density at radius 1 is 0.875 bits per heavy atom. The molecule has 0 aromatic heterocycles. The summed E-state index contributed by atoms with van der Waals surface area (Å²) in [4.78, 5) is 22.0. The van der Waals surface area contributed by atoms with E-state index in [0.29, 0.717) is 6.21 Å². The number of hydrogen-bond acceptors (Lipinski definition) is 4. The third-order valence-corrected chi connectivity index (χ3v) is 2.81. The first-order valence-electron chi connectivity index (χ1n) is 6.55. The molecule has 11 heteroatoms. The lowest BCUT2D eigenvalue weighted by Crippen LogP contribution is -2.19. The van der Waals surface area contributed by atoms with Crippen molar-refractivity contribution >= 4 is 18.0 Å². The van der Waals surface area contributed by atoms with Crippen LogP contribution < -0.4 is 10.9 Å². The van der Waals surface area contributed by atoms with Gasteiger partial charge in [-0.25, -0.2) is 32.9 Å². The molecule has 0 radical (unpaired) electrons. The van der Waals surface area contributed by atoms with E-state index in [1.54, 1.807) is 0 Å². The van der Waals surface area contributed by atoms with E-state index in [2.05, 4.69) is 5.10 Å². The van der Waals surface area contributed by atoms with E-state index in [9.17, 15) is 31.5 Å². The number of benzene rings is 1. The molecule has 132 valence electrons. The molecule has 1 aromatic carbocycles. The molecule has 0 unspecified atom stereocenters. The molecule has 0 aliphatic carbocycles. The van der Waals surface area contributed by atoms with Gasteiger partial charge in [0.15, 0.2) is 23.3 Å². The summed E-state index contributed by atoms with van der Waals surface area (Å²) in [5.74, 6) is -12.0. The van der Waals surface area contributed by atoms with Gasteiger partial charge >= 0.3 is 0 Å². The molecule has 0 saturated carbocycles. The van der Waals surface area contributed by atoms with Crippen LogP contribution in [0.15, 0.2) is 5.10 Å². The Morgan fingerprint density at radius 2 is 1.33 bits per heavy atom. The molecular formula is C13H12F5N3O3. The highest BCUT2D eigenvalue weighted by atomic mass is 19.2. The predicted octanol–water partition coefficient (Wildman–Crippen LogP) is 1.90. The van der Waals surface area contributed by atoms with Crippen molar-refractivity contribution in [2.45, 2.75) is 25.7 Å². The van der Waals surface area contributed by atoms with E-state index < -0.39 is 46.5 Å². The van der Waals surface area contributed by atoms with Gasteiger partial charge < -0.3 is 0 Å². The Morgan fingerprint density at radius 3 is 1.83 bits per heavy atom. The first-order valence-corrected chi connectivity index (χ1v) is 6.55. The van der Waals surface area contributed by atoms with Crippen molar-refractivity contribution in [1.29, 1.82) is 0 Å². The van der Waals surface area contributed by atoms with Crippen LogP contribution in [-0.2, 0) is 9.59 Å². The summed E-state index contributed by atoms with van der Waals surface area (Å²) >= 11 is 0. The highest BCUT2D eigenvalue weighted by Gasteiger charge is 2.24. The van der Waals surface area contributed by atoms with E-state index in [4.69, 9.17) is 5.21 Å². The second kappa shape index (κ2) is 8.91. The van der Waals surface area contributed by atoms with Gasteiger partial charge in [-0.1, -0.05) is 0 Å². The molecule has 0 aliphatic heterocycles. The molecule has 3 N–H and O–H groups in total. The fourth-order valence-electron chi connectivity index (χ4n) is 1.59. The Hall–Kier alpha value is -2.56. The lowest BCUT2D eigenvalue weighted by atomic mass is 10.2. The number of carbonyl (C=O) groups excluding carboxylic acids is 2. The molecule has 0 heterocycles. The van der Waals surface area contributed by atoms with Gasteiger partial charge in [-0.3, -0.25) is 14.8 Å². The molecule has 0 spiro atoms. The molecule has 0 bridgehead atoms. The van der Waals surface area contributed by atoms with Crippen molar-refractivity contribution < 1.29 is 36.7 Å². The molecule has 2 amide bonds. The van der Waals surface area contributed by atoms with E-state index in [1.807, 2.05) is 5.43 Å². The zero-order valence-electron chi connectivity index (χ0n) is 12.0. The summed E-state index contributed by atoms with van der Waals surface area (Å²) in [7, 11) is 0. The van der Waals surface area contributed by atoms with Crippen molar-refractivity contribution in [3.63, 3.8) is 0 Å². The molecule has 24 heavy (non-hydrogen) atoms. The molecule has 1 aromatic rings. The number of carbonyl (C=O) groups is 2. The Balaban J connectivity index is 2.59. The number of hydroxylamine groups is 1. The molecule has 0 fully saturated rings. The van der Waals surface area contributed by atoms with Gasteiger partial charge in [0, 0.05) is 12.8 Å². The summed E-state index contributed by atoms with van der Waals surface area (Å²) in [6.45, 7) is 0. The minimum atomic E-state index is -2.29. The topological polar surface area (TPSA) is 90.8 Å². The van der Waals surface area contributed by atoms with Gasteiger partial charge in [-0.15, -0.1) is 0 Å². The molecule has 0 aliphatic rings. The van der Waals surface area contributed by atoms with Crippen molar-refractivity contribution in [1.82, 2.24) is 10.9 Å². The van der Waals surface area contributed by atoms with Crippen LogP contribution in [0.5, 0.6) is 0 Å². The maximum atomic E-state index is 13.3. The fraction of sp³-hybridized carbons (Fsp3) is 0.308. The average molecular weight is 353 g/mol. The first-order chi connectivity index (χ1) is 11.3. The second-order valence-corrected chi connectivity index (χ2v) is 4.52. The zero-order valence-corrected chi connectivity index (χ0v) is 12.0. The molecule has 0 atom stereocenters. The van der Waals surface area contributed by atoms with Crippen molar-refractivity contribution in [2.75, 3.05) is 0 Å². The van der Waals surface area contributed by atoms with E-state index in [-0.39, 0.29) is 25.7 Å². The number of amides is 2. The lowest BCUT2D eigenvalue weighted by Gasteiger charge is -2.04. The largest absolute Gasteiger partial charge is 0.289 e. The Kier molecular flexibility index (Phi) is 7.24. The van der Waals surface area contributed by atoms with Crippen LogP contribution in [0.25, 0.3) is 0 Å². The van der Waals surface area contributed by atoms with Crippen LogP contribution in [-0.4, -0.2) is 23.2 Å². The summed E-state index contributed by atoms with van der Waals surface area (Å²) in [5, 5.41) is 11.4. The van der Waals surface area contributed by atoms with Crippen LogP contribution in [0.1, 0.15) is 31.2 Å². The predicted molar refractivity (Wildman–Crippen MR) is 70.4 cm³/mol. The number of nitrogens with zero attached hydrogens (tertiary/aromatic N) is 1. The highest BCUT2D eigenvalue weighted by molar-refractivity contribution is 5.83. The number of halogens is 5. The van der Waals surface area contributed by atoms with Gasteiger partial charge in [0.2, 0.25) is 17.6 Å². The lowest BCUT2D eigenvalue weighted by molar-refractivity contribution is -0.129. The van der Waals surface area contributed by atoms with E-state index >= 15 is 0 Å². The molecule has 0 saturated heterocycles. The van der Waals surface area contributed by atoms with Crippen molar-refractivity contribution in [2.24, 2.45) is 5.10 Å². The maximum absolute atomic E-state index is 13.3. The minimum absolute atomic E-state index is 0.0163. The van der Waals surface area contributed by atoms with Crippen LogP contribution >= 0.6 is 0 Å². The minimum Gasteiger partial charge on any atom is -0.289 e. The van der Waals surface area contributed by atoms with Gasteiger partial charge in [0.1, 0.15) is 0 Å². The number of nitrogens with one attached hydrogen (secondary N) is 2. The third-order valence-electron chi connectivity index (χ3n) is 2.81. The van der Waals surface area contributed by atoms with Gasteiger partial charge in [0.05, 0.1) is 11.8 Å². The quantitative estimate of drug-likeness (QED) is 0.133. The van der Waals surface area contributed by atoms with E-state index in [1.165, 1.54) is 5.48 Å². The molecular weight excluding hydrogens is 341 g/mol. The Labute approximate surface area is 132 Å². The summed E-state index contributed by atoms with van der Waals surface area (Å²) < 4.78 is 65.3. The standard InChI is InChI=1S/C13H12F5N3O3/c14-9-6(10(15)12(17)13(18)11(9)16)5-19-20-7(22)3-1-2-4-8(23)21-24/h5,24H,1-4H2,(H,20,22)(H,21,23)/b19-5+. The number of rotatable bonds is 7. The Bertz CT molecular complexity index is 638. The average Bonchev–Trinajstić information content (AvgIpc) is 2.57. The third kappa shape index (κ3) is 4.98. The van der Waals surface area contributed by atoms with Crippen molar-refractivity contribution in [3.8, 4) is 0 Å². The van der Waals surface area contributed by atoms with E-state index in [0.717, 1.165) is 0 Å². The molecule has 1 rings (SSSR count). The SMILES string of the molecule is O=C(CCCCC(=O)N/N=C/c1c(F)c(F)c(F)c(F)c1F)NO. The summed E-state index contributed by atoms with van der Waals surface area (Å²) in [6, 6.07) is 0. The van der Waals surface area contributed by atoms with Gasteiger partial charge in [0.25, 0.3) is 0 Å². The highest BCUT2D eigenvalue weighted by Crippen LogP contribution is 2.21. The van der Waals surface area contributed by atoms with Crippen LogP contribution in [0, 0.1) is 29.1 Å². The first kappa shape index (κ1) is 19.5. The summed E-state index contributed by atoms with van der Waals surface area (Å²) in [5.41, 5.74) is 1.97. The fourth-order valence-corrected chi connectivity index (χ4v) is 1.59. The monoisotopic (exact) mass is 353 g/mol. The van der Waals surface area contributed by atoms with Crippen LogP contribution in [0.3, 0.4) is 0 Å². The second-order valence-electron chi connectivity index (χ2n) is 4.52.